The summed E-state index contributed by atoms with van der Waals surface area (Å²) in [6.07, 6.45) is 5.33. The standard InChI is InChI=1S/C24H22N4O2/c1-16-5-3-8-20(23(16)30-2)24(29)26-14-17-6-4-7-19(13-17)22-21(15-27-28-22)18-9-11-25-12-10-18/h3-13,15H,14H2,1-2H3,(H,26,29)(H,27,28). The van der Waals surface area contributed by atoms with Gasteiger partial charge in [-0.3, -0.25) is 14.9 Å². The predicted octanol–water partition coefficient (Wildman–Crippen LogP) is 4.39. The van der Waals surface area contributed by atoms with Gasteiger partial charge in [0.2, 0.25) is 0 Å². The quantitative estimate of drug-likeness (QED) is 0.505. The van der Waals surface area contributed by atoms with Gasteiger partial charge in [0.05, 0.1) is 24.6 Å². The number of benzene rings is 2. The summed E-state index contributed by atoms with van der Waals surface area (Å²) in [5.41, 5.74) is 6.41. The van der Waals surface area contributed by atoms with E-state index in [2.05, 4.69) is 20.5 Å². The number of pyridine rings is 1. The Bertz CT molecular complexity index is 1170. The number of aromatic amines is 1. The van der Waals surface area contributed by atoms with Crippen LogP contribution in [-0.4, -0.2) is 28.2 Å². The molecule has 2 N–H and O–H groups in total. The van der Waals surface area contributed by atoms with Crippen LogP contribution in [-0.2, 0) is 6.54 Å². The molecule has 2 aromatic carbocycles. The summed E-state index contributed by atoms with van der Waals surface area (Å²) in [5.74, 6) is 0.433. The molecule has 0 unspecified atom stereocenters. The van der Waals surface area contributed by atoms with E-state index in [1.54, 1.807) is 25.6 Å². The van der Waals surface area contributed by atoms with Crippen molar-refractivity contribution in [3.05, 3.63) is 89.9 Å². The Balaban J connectivity index is 1.54. The maximum absolute atomic E-state index is 12.7. The van der Waals surface area contributed by atoms with Crippen LogP contribution in [0.5, 0.6) is 5.75 Å². The molecule has 6 heteroatoms. The molecule has 0 spiro atoms. The Labute approximate surface area is 175 Å². The molecule has 0 fully saturated rings. The highest BCUT2D eigenvalue weighted by molar-refractivity contribution is 5.97. The van der Waals surface area contributed by atoms with Gasteiger partial charge in [0, 0.05) is 30.1 Å². The summed E-state index contributed by atoms with van der Waals surface area (Å²) in [7, 11) is 1.58. The zero-order chi connectivity index (χ0) is 20.9. The minimum Gasteiger partial charge on any atom is -0.496 e. The van der Waals surface area contributed by atoms with E-state index in [0.29, 0.717) is 17.9 Å². The van der Waals surface area contributed by atoms with E-state index >= 15 is 0 Å². The fourth-order valence-electron chi connectivity index (χ4n) is 3.47. The highest BCUT2D eigenvalue weighted by Gasteiger charge is 2.14. The van der Waals surface area contributed by atoms with Crippen LogP contribution in [0.3, 0.4) is 0 Å². The molecule has 4 rings (SSSR count). The molecule has 0 aliphatic carbocycles. The van der Waals surface area contributed by atoms with Crippen LogP contribution >= 0.6 is 0 Å². The molecule has 0 aliphatic rings. The third kappa shape index (κ3) is 3.93. The van der Waals surface area contributed by atoms with Gasteiger partial charge in [-0.2, -0.15) is 5.10 Å². The molecule has 2 heterocycles. The third-order valence-electron chi connectivity index (χ3n) is 4.96. The van der Waals surface area contributed by atoms with E-state index in [9.17, 15) is 4.79 Å². The normalized spacial score (nSPS) is 10.6. The highest BCUT2D eigenvalue weighted by Crippen LogP contribution is 2.30. The first kappa shape index (κ1) is 19.4. The Hall–Kier alpha value is -3.93. The number of nitrogens with zero attached hydrogens (tertiary/aromatic N) is 2. The highest BCUT2D eigenvalue weighted by atomic mass is 16.5. The van der Waals surface area contributed by atoms with Crippen molar-refractivity contribution < 1.29 is 9.53 Å². The SMILES string of the molecule is COc1c(C)cccc1C(=O)NCc1cccc(-c2[nH]ncc2-c2ccncc2)c1. The molecular formula is C24H22N4O2. The maximum Gasteiger partial charge on any atom is 0.255 e. The number of carbonyl (C=O) groups is 1. The lowest BCUT2D eigenvalue weighted by Crippen LogP contribution is -2.23. The molecular weight excluding hydrogens is 376 g/mol. The molecule has 30 heavy (non-hydrogen) atoms. The van der Waals surface area contributed by atoms with Gasteiger partial charge in [-0.05, 0) is 47.9 Å². The fourth-order valence-corrected chi connectivity index (χ4v) is 3.47. The van der Waals surface area contributed by atoms with E-state index in [-0.39, 0.29) is 5.91 Å². The lowest BCUT2D eigenvalue weighted by molar-refractivity contribution is 0.0947. The number of hydrogen-bond acceptors (Lipinski definition) is 4. The van der Waals surface area contributed by atoms with Crippen molar-refractivity contribution >= 4 is 5.91 Å². The van der Waals surface area contributed by atoms with Crippen LogP contribution in [0.1, 0.15) is 21.5 Å². The van der Waals surface area contributed by atoms with Crippen molar-refractivity contribution in [3.8, 4) is 28.1 Å². The van der Waals surface area contributed by atoms with Crippen LogP contribution in [0.15, 0.2) is 73.2 Å². The zero-order valence-electron chi connectivity index (χ0n) is 16.8. The first-order valence-corrected chi connectivity index (χ1v) is 9.62. The zero-order valence-corrected chi connectivity index (χ0v) is 16.8. The van der Waals surface area contributed by atoms with Gasteiger partial charge in [-0.25, -0.2) is 0 Å². The predicted molar refractivity (Wildman–Crippen MR) is 116 cm³/mol. The van der Waals surface area contributed by atoms with E-state index in [4.69, 9.17) is 4.74 Å². The summed E-state index contributed by atoms with van der Waals surface area (Å²) < 4.78 is 5.40. The largest absolute Gasteiger partial charge is 0.496 e. The fraction of sp³-hybridized carbons (Fsp3) is 0.125. The summed E-state index contributed by atoms with van der Waals surface area (Å²) in [4.78, 5) is 16.8. The van der Waals surface area contributed by atoms with Crippen molar-refractivity contribution in [1.29, 1.82) is 0 Å². The molecule has 6 nitrogen and oxygen atoms in total. The molecule has 0 saturated carbocycles. The van der Waals surface area contributed by atoms with Crippen molar-refractivity contribution in [1.82, 2.24) is 20.5 Å². The minimum absolute atomic E-state index is 0.167. The second-order valence-electron chi connectivity index (χ2n) is 6.93. The van der Waals surface area contributed by atoms with Gasteiger partial charge in [-0.1, -0.05) is 30.3 Å². The van der Waals surface area contributed by atoms with Crippen molar-refractivity contribution in [2.75, 3.05) is 7.11 Å². The maximum atomic E-state index is 12.7. The van der Waals surface area contributed by atoms with Gasteiger partial charge in [0.25, 0.3) is 5.91 Å². The number of amides is 1. The van der Waals surface area contributed by atoms with Gasteiger partial charge < -0.3 is 10.1 Å². The summed E-state index contributed by atoms with van der Waals surface area (Å²) in [5, 5.41) is 10.3. The Kier molecular flexibility index (Phi) is 5.57. The number of aryl methyl sites for hydroxylation is 1. The molecule has 0 bridgehead atoms. The Morgan fingerprint density at radius 2 is 1.87 bits per heavy atom. The van der Waals surface area contributed by atoms with Crippen LogP contribution in [0.2, 0.25) is 0 Å². The molecule has 1 amide bonds. The van der Waals surface area contributed by atoms with E-state index < -0.39 is 0 Å². The molecule has 0 saturated heterocycles. The molecule has 2 aromatic heterocycles. The Morgan fingerprint density at radius 1 is 1.07 bits per heavy atom. The van der Waals surface area contributed by atoms with Crippen molar-refractivity contribution in [2.24, 2.45) is 0 Å². The van der Waals surface area contributed by atoms with E-state index in [0.717, 1.165) is 33.5 Å². The van der Waals surface area contributed by atoms with Gasteiger partial charge in [-0.15, -0.1) is 0 Å². The summed E-state index contributed by atoms with van der Waals surface area (Å²) in [6, 6.07) is 17.5. The van der Waals surface area contributed by atoms with Gasteiger partial charge in [0.15, 0.2) is 0 Å². The molecule has 4 aromatic rings. The summed E-state index contributed by atoms with van der Waals surface area (Å²) >= 11 is 0. The monoisotopic (exact) mass is 398 g/mol. The van der Waals surface area contributed by atoms with Crippen LogP contribution < -0.4 is 10.1 Å². The number of para-hydroxylation sites is 1. The number of methoxy groups -OCH3 is 1. The molecule has 0 atom stereocenters. The van der Waals surface area contributed by atoms with Gasteiger partial charge >= 0.3 is 0 Å². The number of H-pyrrole nitrogens is 1. The van der Waals surface area contributed by atoms with Crippen molar-refractivity contribution in [2.45, 2.75) is 13.5 Å². The lowest BCUT2D eigenvalue weighted by atomic mass is 10.0. The number of nitrogens with one attached hydrogen (secondary N) is 2. The molecule has 150 valence electrons. The van der Waals surface area contributed by atoms with Crippen LogP contribution in [0.25, 0.3) is 22.4 Å². The van der Waals surface area contributed by atoms with E-state index in [1.165, 1.54) is 0 Å². The minimum atomic E-state index is -0.167. The first-order chi connectivity index (χ1) is 14.7. The smallest absolute Gasteiger partial charge is 0.255 e. The number of ether oxygens (including phenoxy) is 1. The number of rotatable bonds is 6. The van der Waals surface area contributed by atoms with Gasteiger partial charge in [0.1, 0.15) is 5.75 Å². The van der Waals surface area contributed by atoms with Crippen LogP contribution in [0.4, 0.5) is 0 Å². The second kappa shape index (κ2) is 8.61. The number of carbonyl (C=O) groups excluding carboxylic acids is 1. The first-order valence-electron chi connectivity index (χ1n) is 9.62. The number of hydrogen-bond donors (Lipinski definition) is 2. The van der Waals surface area contributed by atoms with Crippen LogP contribution in [0, 0.1) is 6.92 Å². The molecule has 0 radical (unpaired) electrons. The Morgan fingerprint density at radius 3 is 2.67 bits per heavy atom. The average Bonchev–Trinajstić information content (AvgIpc) is 3.28. The third-order valence-corrected chi connectivity index (χ3v) is 4.96. The lowest BCUT2D eigenvalue weighted by Gasteiger charge is -2.12. The van der Waals surface area contributed by atoms with E-state index in [1.807, 2.05) is 61.7 Å². The topological polar surface area (TPSA) is 79.9 Å². The number of aromatic nitrogens is 3. The molecule has 0 aliphatic heterocycles. The average molecular weight is 398 g/mol. The van der Waals surface area contributed by atoms with Crippen molar-refractivity contribution in [3.63, 3.8) is 0 Å². The second-order valence-corrected chi connectivity index (χ2v) is 6.93. The summed E-state index contributed by atoms with van der Waals surface area (Å²) in [6.45, 7) is 2.33.